The molecule has 0 spiro atoms. The van der Waals surface area contributed by atoms with Crippen LogP contribution >= 0.6 is 11.6 Å². The maximum Gasteiger partial charge on any atom is 0.314 e. The van der Waals surface area contributed by atoms with Gasteiger partial charge in [-0.05, 0) is 30.3 Å². The Morgan fingerprint density at radius 1 is 1.09 bits per heavy atom. The van der Waals surface area contributed by atoms with Crippen molar-refractivity contribution in [2.45, 2.75) is 13.0 Å². The van der Waals surface area contributed by atoms with Gasteiger partial charge in [0.15, 0.2) is 0 Å². The van der Waals surface area contributed by atoms with Gasteiger partial charge in [0.1, 0.15) is 11.6 Å². The number of amides is 1. The summed E-state index contributed by atoms with van der Waals surface area (Å²) in [4.78, 5) is 16.4. The second kappa shape index (κ2) is 10.5. The third kappa shape index (κ3) is 5.54. The zero-order chi connectivity index (χ0) is 24.2. The van der Waals surface area contributed by atoms with Crippen molar-refractivity contribution in [3.05, 3.63) is 64.5 Å². The van der Waals surface area contributed by atoms with E-state index in [2.05, 4.69) is 10.2 Å². The second-order valence-electron chi connectivity index (χ2n) is 7.52. The van der Waals surface area contributed by atoms with Gasteiger partial charge in [0.05, 0.1) is 31.3 Å². The maximum absolute atomic E-state index is 15.0. The summed E-state index contributed by atoms with van der Waals surface area (Å²) in [5.41, 5.74) is 0.538. The fourth-order valence-electron chi connectivity index (χ4n) is 3.43. The number of rotatable bonds is 7. The lowest BCUT2D eigenvalue weighted by atomic mass is 10.1. The van der Waals surface area contributed by atoms with Crippen molar-refractivity contribution in [1.82, 2.24) is 15.1 Å². The molecule has 0 atom stereocenters. The summed E-state index contributed by atoms with van der Waals surface area (Å²) in [5, 5.41) is 6.55. The fraction of sp³-hybridized carbons (Fsp3) is 0.318. The number of nitrogens with zero attached hydrogens (tertiary/aromatic N) is 4. The molecule has 12 heteroatoms. The smallest absolute Gasteiger partial charge is 0.314 e. The summed E-state index contributed by atoms with van der Waals surface area (Å²) in [5.74, 6) is -2.83. The van der Waals surface area contributed by atoms with E-state index in [1.807, 2.05) is 4.90 Å². The highest BCUT2D eigenvalue weighted by Crippen LogP contribution is 2.28. The monoisotopic (exact) mass is 498 g/mol. The molecule has 180 valence electrons. The number of hydrogen-bond donors (Lipinski definition) is 0. The highest BCUT2D eigenvalue weighted by Gasteiger charge is 2.23. The Bertz CT molecular complexity index is 1170. The third-order valence-electron chi connectivity index (χ3n) is 5.23. The molecule has 0 unspecified atom stereocenters. The van der Waals surface area contributed by atoms with E-state index in [1.165, 1.54) is 29.2 Å². The molecule has 0 saturated carbocycles. The Balaban J connectivity index is 1.59. The zero-order valence-corrected chi connectivity index (χ0v) is 18.4. The van der Waals surface area contributed by atoms with Crippen molar-refractivity contribution in [3.63, 3.8) is 0 Å². The topological polar surface area (TPSA) is 71.7 Å². The number of alkyl halides is 2. The zero-order valence-electron chi connectivity index (χ0n) is 17.7. The number of hydrogen-bond acceptors (Lipinski definition) is 6. The fourth-order valence-corrected chi connectivity index (χ4v) is 3.61. The molecule has 1 aliphatic heterocycles. The number of ether oxygens (including phenoxy) is 1. The molecule has 3 aromatic rings. The van der Waals surface area contributed by atoms with Gasteiger partial charge >= 0.3 is 6.43 Å². The molecule has 0 N–H and O–H groups in total. The molecule has 7 nitrogen and oxygen atoms in total. The third-order valence-corrected chi connectivity index (χ3v) is 5.52. The van der Waals surface area contributed by atoms with Gasteiger partial charge in [0.2, 0.25) is 11.8 Å². The van der Waals surface area contributed by atoms with Crippen LogP contribution < -0.4 is 4.90 Å². The van der Waals surface area contributed by atoms with Gasteiger partial charge in [-0.3, -0.25) is 9.69 Å². The highest BCUT2D eigenvalue weighted by atomic mass is 35.5. The molecule has 2 aromatic carbocycles. The van der Waals surface area contributed by atoms with Crippen molar-refractivity contribution >= 4 is 23.2 Å². The van der Waals surface area contributed by atoms with Crippen LogP contribution in [0.3, 0.4) is 0 Å². The van der Waals surface area contributed by atoms with E-state index in [1.54, 1.807) is 0 Å². The number of aromatic nitrogens is 2. The van der Waals surface area contributed by atoms with Crippen LogP contribution in [0.1, 0.15) is 17.9 Å². The van der Waals surface area contributed by atoms with Crippen LogP contribution in [0.5, 0.6) is 0 Å². The van der Waals surface area contributed by atoms with Crippen LogP contribution in [0.2, 0.25) is 5.02 Å². The van der Waals surface area contributed by atoms with Crippen molar-refractivity contribution in [3.8, 4) is 11.5 Å². The van der Waals surface area contributed by atoms with Crippen LogP contribution in [0.15, 0.2) is 40.8 Å². The van der Waals surface area contributed by atoms with Crippen molar-refractivity contribution in [1.29, 1.82) is 0 Å². The highest BCUT2D eigenvalue weighted by molar-refractivity contribution is 6.31. The van der Waals surface area contributed by atoms with Gasteiger partial charge in [-0.15, -0.1) is 10.2 Å². The van der Waals surface area contributed by atoms with E-state index in [-0.39, 0.29) is 41.0 Å². The average molecular weight is 499 g/mol. The molecule has 1 saturated heterocycles. The van der Waals surface area contributed by atoms with Gasteiger partial charge in [-0.25, -0.2) is 8.78 Å². The van der Waals surface area contributed by atoms with E-state index in [4.69, 9.17) is 20.8 Å². The van der Waals surface area contributed by atoms with Crippen LogP contribution in [-0.4, -0.2) is 53.9 Å². The molecule has 1 aromatic heterocycles. The van der Waals surface area contributed by atoms with Gasteiger partial charge in [-0.2, -0.15) is 8.78 Å². The minimum atomic E-state index is -2.95. The van der Waals surface area contributed by atoms with Crippen LogP contribution in [0.4, 0.5) is 23.2 Å². The standard InChI is InChI=1S/C22H19ClF4N4O3/c23-16-10-15(3-4-17(16)24)31(19(32)12-30-5-7-33-8-6-30)11-14-2-1-13(9-18(14)25)21-28-29-22(34-21)20(26)27/h1-4,9-10,20H,5-8,11-12H2. The second-order valence-corrected chi connectivity index (χ2v) is 7.93. The summed E-state index contributed by atoms with van der Waals surface area (Å²) in [6, 6.07) is 7.67. The lowest BCUT2D eigenvalue weighted by molar-refractivity contribution is -0.120. The van der Waals surface area contributed by atoms with E-state index in [0.29, 0.717) is 32.0 Å². The van der Waals surface area contributed by atoms with Gasteiger partial charge < -0.3 is 14.1 Å². The van der Waals surface area contributed by atoms with E-state index in [9.17, 15) is 22.4 Å². The van der Waals surface area contributed by atoms with E-state index >= 15 is 0 Å². The number of carbonyl (C=O) groups excluding carboxylic acids is 1. The Kier molecular flexibility index (Phi) is 7.44. The number of halogens is 5. The number of anilines is 1. The molecular formula is C22H19ClF4N4O3. The molecule has 2 heterocycles. The maximum atomic E-state index is 15.0. The lowest BCUT2D eigenvalue weighted by Gasteiger charge is -2.30. The summed E-state index contributed by atoms with van der Waals surface area (Å²) >= 11 is 5.91. The molecule has 34 heavy (non-hydrogen) atoms. The molecule has 1 amide bonds. The Morgan fingerprint density at radius 3 is 2.50 bits per heavy atom. The van der Waals surface area contributed by atoms with Gasteiger partial charge in [-0.1, -0.05) is 17.7 Å². The molecule has 1 aliphatic rings. The quantitative estimate of drug-likeness (QED) is 0.448. The number of benzene rings is 2. The van der Waals surface area contributed by atoms with Crippen LogP contribution in [0.25, 0.3) is 11.5 Å². The SMILES string of the molecule is O=C(CN1CCOCC1)N(Cc1ccc(-c2nnc(C(F)F)o2)cc1F)c1ccc(F)c(Cl)c1. The van der Waals surface area contributed by atoms with Crippen molar-refractivity contribution < 1.29 is 31.5 Å². The minimum Gasteiger partial charge on any atom is -0.415 e. The Morgan fingerprint density at radius 2 is 1.85 bits per heavy atom. The summed E-state index contributed by atoms with van der Waals surface area (Å²) in [7, 11) is 0. The lowest BCUT2D eigenvalue weighted by Crippen LogP contribution is -2.44. The first-order valence-corrected chi connectivity index (χ1v) is 10.7. The molecule has 0 bridgehead atoms. The Labute approximate surface area is 196 Å². The van der Waals surface area contributed by atoms with Crippen molar-refractivity contribution in [2.24, 2.45) is 0 Å². The molecule has 0 aliphatic carbocycles. The first kappa shape index (κ1) is 24.1. The molecule has 4 rings (SSSR count). The van der Waals surface area contributed by atoms with Gasteiger partial charge in [0.25, 0.3) is 5.89 Å². The first-order chi connectivity index (χ1) is 16.3. The van der Waals surface area contributed by atoms with Crippen molar-refractivity contribution in [2.75, 3.05) is 37.7 Å². The van der Waals surface area contributed by atoms with Crippen LogP contribution in [0, 0.1) is 11.6 Å². The molecular weight excluding hydrogens is 480 g/mol. The summed E-state index contributed by atoms with van der Waals surface area (Å²) in [6.07, 6.45) is -2.95. The summed E-state index contributed by atoms with van der Waals surface area (Å²) in [6.45, 7) is 2.00. The predicted molar refractivity (Wildman–Crippen MR) is 115 cm³/mol. The average Bonchev–Trinajstić information content (AvgIpc) is 3.31. The Hall–Kier alpha value is -3.02. The predicted octanol–water partition coefficient (Wildman–Crippen LogP) is 4.47. The largest absolute Gasteiger partial charge is 0.415 e. The summed E-state index contributed by atoms with van der Waals surface area (Å²) < 4.78 is 64.2. The molecule has 1 fully saturated rings. The minimum absolute atomic E-state index is 0.0520. The normalized spacial score (nSPS) is 14.5. The van der Waals surface area contributed by atoms with E-state index in [0.717, 1.165) is 12.1 Å². The number of morpholine rings is 1. The first-order valence-electron chi connectivity index (χ1n) is 10.3. The number of carbonyl (C=O) groups is 1. The van der Waals surface area contributed by atoms with Crippen LogP contribution in [-0.2, 0) is 16.1 Å². The van der Waals surface area contributed by atoms with E-state index < -0.39 is 24.0 Å². The molecule has 0 radical (unpaired) electrons. The van der Waals surface area contributed by atoms with Gasteiger partial charge in [0, 0.05) is 29.9 Å².